The maximum atomic E-state index is 13.0. The zero-order valence-electron chi connectivity index (χ0n) is 14.3. The summed E-state index contributed by atoms with van der Waals surface area (Å²) in [6.45, 7) is 7.44. The van der Waals surface area contributed by atoms with E-state index >= 15 is 0 Å². The Morgan fingerprint density at radius 3 is 2.76 bits per heavy atom. The van der Waals surface area contributed by atoms with Crippen molar-refractivity contribution in [3.05, 3.63) is 64.1 Å². The molecule has 0 amide bonds. The van der Waals surface area contributed by atoms with E-state index < -0.39 is 11.3 Å². The van der Waals surface area contributed by atoms with E-state index in [2.05, 4.69) is 21.8 Å². The summed E-state index contributed by atoms with van der Waals surface area (Å²) in [5.41, 5.74) is 0.901. The van der Waals surface area contributed by atoms with Gasteiger partial charge < -0.3 is 10.4 Å². The van der Waals surface area contributed by atoms with Crippen LogP contribution in [0.4, 0.5) is 4.39 Å². The van der Waals surface area contributed by atoms with E-state index in [9.17, 15) is 14.3 Å². The molecule has 0 aliphatic carbocycles. The molecule has 6 nitrogen and oxygen atoms in total. The van der Waals surface area contributed by atoms with Crippen LogP contribution in [0.15, 0.2) is 35.6 Å². The summed E-state index contributed by atoms with van der Waals surface area (Å²) in [4.78, 5) is 19.0. The van der Waals surface area contributed by atoms with Crippen LogP contribution >= 0.6 is 0 Å². The summed E-state index contributed by atoms with van der Waals surface area (Å²) in [5.74, 6) is -0.101. The molecule has 1 aliphatic heterocycles. The third kappa shape index (κ3) is 3.28. The number of nitrogens with zero attached hydrogens (tertiary/aromatic N) is 3. The van der Waals surface area contributed by atoms with Crippen LogP contribution in [0.1, 0.15) is 30.0 Å². The van der Waals surface area contributed by atoms with Gasteiger partial charge in [0.15, 0.2) is 0 Å². The lowest BCUT2D eigenvalue weighted by atomic mass is 10.1. The Balaban J connectivity index is 1.86. The predicted octanol–water partition coefficient (Wildman–Crippen LogP) is 1.85. The fraction of sp³-hybridized carbons (Fsp3) is 0.333. The summed E-state index contributed by atoms with van der Waals surface area (Å²) in [7, 11) is 1.97. The summed E-state index contributed by atoms with van der Waals surface area (Å²) >= 11 is 0. The number of fused-ring (bicyclic) bond motifs is 1. The first-order chi connectivity index (χ1) is 11.9. The zero-order chi connectivity index (χ0) is 18.1. The fourth-order valence-corrected chi connectivity index (χ4v) is 2.85. The van der Waals surface area contributed by atoms with Crippen LogP contribution in [0.25, 0.3) is 5.70 Å². The lowest BCUT2D eigenvalue weighted by molar-refractivity contribution is 0.197. The first-order valence-corrected chi connectivity index (χ1v) is 8.10. The number of rotatable bonds is 4. The molecule has 1 aliphatic rings. The van der Waals surface area contributed by atoms with Crippen molar-refractivity contribution in [3.8, 4) is 5.75 Å². The highest BCUT2D eigenvalue weighted by atomic mass is 19.1. The highest BCUT2D eigenvalue weighted by Gasteiger charge is 2.27. The summed E-state index contributed by atoms with van der Waals surface area (Å²) in [6.07, 6.45) is 0. The number of likely N-dealkylation sites (N-methyl/N-ethyl adjacent to an activating group) is 1. The molecule has 2 heterocycles. The van der Waals surface area contributed by atoms with Crippen LogP contribution in [0.2, 0.25) is 0 Å². The van der Waals surface area contributed by atoms with Gasteiger partial charge in [-0.05, 0) is 31.7 Å². The van der Waals surface area contributed by atoms with Crippen molar-refractivity contribution in [1.29, 1.82) is 0 Å². The Bertz CT molecular complexity index is 861. The van der Waals surface area contributed by atoms with Gasteiger partial charge in [0, 0.05) is 19.6 Å². The molecule has 2 N–H and O–H groups in total. The third-order valence-corrected chi connectivity index (χ3v) is 4.59. The van der Waals surface area contributed by atoms with Gasteiger partial charge in [-0.15, -0.1) is 0 Å². The number of halogens is 1. The molecule has 1 aromatic heterocycles. The van der Waals surface area contributed by atoms with Gasteiger partial charge >= 0.3 is 0 Å². The highest BCUT2D eigenvalue weighted by Crippen LogP contribution is 2.25. The number of hydrogen-bond acceptors (Lipinski definition) is 5. The molecule has 132 valence electrons. The SMILES string of the molecule is C=C(NCc1ccc(F)cc1)c1nc2n(c(=O)c1O)CCN(C)C2C. The second-order valence-electron chi connectivity index (χ2n) is 6.24. The zero-order valence-corrected chi connectivity index (χ0v) is 14.3. The van der Waals surface area contributed by atoms with Gasteiger partial charge in [0.1, 0.15) is 17.3 Å². The van der Waals surface area contributed by atoms with Crippen molar-refractivity contribution in [3.63, 3.8) is 0 Å². The van der Waals surface area contributed by atoms with Gasteiger partial charge in [0.05, 0.1) is 11.7 Å². The number of nitrogens with one attached hydrogen (secondary N) is 1. The van der Waals surface area contributed by atoms with E-state index in [0.717, 1.165) is 12.1 Å². The molecule has 3 rings (SSSR count). The number of aromatic nitrogens is 2. The topological polar surface area (TPSA) is 70.4 Å². The highest BCUT2D eigenvalue weighted by molar-refractivity contribution is 5.63. The lowest BCUT2D eigenvalue weighted by Crippen LogP contribution is -2.41. The van der Waals surface area contributed by atoms with Crippen molar-refractivity contribution in [2.75, 3.05) is 13.6 Å². The molecule has 0 saturated heterocycles. The number of hydrogen-bond donors (Lipinski definition) is 2. The molecule has 7 heteroatoms. The first kappa shape index (κ1) is 17.2. The quantitative estimate of drug-likeness (QED) is 0.886. The Labute approximate surface area is 145 Å². The van der Waals surface area contributed by atoms with Gasteiger partial charge in [-0.1, -0.05) is 18.7 Å². The maximum Gasteiger partial charge on any atom is 0.296 e. The molecular formula is C18H21FN4O2. The van der Waals surface area contributed by atoms with Crippen LogP contribution in [-0.4, -0.2) is 33.1 Å². The standard InChI is InChI=1S/C18H21FN4O2/c1-11(20-10-13-4-6-14(19)7-5-13)15-16(24)18(25)23-9-8-22(3)12(2)17(23)21-15/h4-7,12,20,24H,1,8-10H2,2-3H3. The van der Waals surface area contributed by atoms with E-state index in [0.29, 0.717) is 24.6 Å². The molecule has 1 unspecified atom stereocenters. The molecule has 1 atom stereocenters. The minimum atomic E-state index is -0.454. The van der Waals surface area contributed by atoms with Gasteiger partial charge in [-0.2, -0.15) is 0 Å². The van der Waals surface area contributed by atoms with Crippen LogP contribution < -0.4 is 10.9 Å². The second kappa shape index (κ2) is 6.68. The van der Waals surface area contributed by atoms with E-state index in [1.54, 1.807) is 12.1 Å². The normalized spacial score (nSPS) is 17.2. The Morgan fingerprint density at radius 2 is 2.08 bits per heavy atom. The molecule has 0 spiro atoms. The smallest absolute Gasteiger partial charge is 0.296 e. The summed E-state index contributed by atoms with van der Waals surface area (Å²) < 4.78 is 14.5. The molecule has 1 aromatic carbocycles. The van der Waals surface area contributed by atoms with E-state index in [1.807, 2.05) is 14.0 Å². The molecule has 0 bridgehead atoms. The first-order valence-electron chi connectivity index (χ1n) is 8.10. The van der Waals surface area contributed by atoms with Crippen LogP contribution in [-0.2, 0) is 13.1 Å². The third-order valence-electron chi connectivity index (χ3n) is 4.59. The van der Waals surface area contributed by atoms with Gasteiger partial charge in [-0.25, -0.2) is 9.37 Å². The van der Waals surface area contributed by atoms with Crippen molar-refractivity contribution >= 4 is 5.70 Å². The maximum absolute atomic E-state index is 13.0. The Kier molecular flexibility index (Phi) is 4.59. The Morgan fingerprint density at radius 1 is 1.40 bits per heavy atom. The van der Waals surface area contributed by atoms with Crippen LogP contribution in [0.3, 0.4) is 0 Å². The van der Waals surface area contributed by atoms with Crippen molar-refractivity contribution in [2.45, 2.75) is 26.1 Å². The molecule has 0 saturated carbocycles. The molecule has 0 fully saturated rings. The Hall–Kier alpha value is -2.67. The number of aromatic hydroxyl groups is 1. The predicted molar refractivity (Wildman–Crippen MR) is 93.5 cm³/mol. The van der Waals surface area contributed by atoms with Crippen molar-refractivity contribution in [2.24, 2.45) is 0 Å². The average molecular weight is 344 g/mol. The van der Waals surface area contributed by atoms with Crippen LogP contribution in [0, 0.1) is 5.82 Å². The summed E-state index contributed by atoms with van der Waals surface area (Å²) in [5, 5.41) is 13.3. The average Bonchev–Trinajstić information content (AvgIpc) is 2.60. The fourth-order valence-electron chi connectivity index (χ4n) is 2.85. The van der Waals surface area contributed by atoms with Crippen molar-refractivity contribution in [1.82, 2.24) is 19.8 Å². The van der Waals surface area contributed by atoms with Crippen LogP contribution in [0.5, 0.6) is 5.75 Å². The number of benzene rings is 1. The summed E-state index contributed by atoms with van der Waals surface area (Å²) in [6, 6.07) is 6.02. The molecular weight excluding hydrogens is 323 g/mol. The van der Waals surface area contributed by atoms with Crippen molar-refractivity contribution < 1.29 is 9.50 Å². The van der Waals surface area contributed by atoms with E-state index in [4.69, 9.17) is 0 Å². The van der Waals surface area contributed by atoms with Gasteiger partial charge in [0.2, 0.25) is 5.75 Å². The van der Waals surface area contributed by atoms with Gasteiger partial charge in [-0.3, -0.25) is 14.3 Å². The molecule has 25 heavy (non-hydrogen) atoms. The molecule has 0 radical (unpaired) electrons. The minimum Gasteiger partial charge on any atom is -0.501 e. The van der Waals surface area contributed by atoms with Gasteiger partial charge in [0.25, 0.3) is 5.56 Å². The second-order valence-corrected chi connectivity index (χ2v) is 6.24. The molecule has 2 aromatic rings. The minimum absolute atomic E-state index is 0.0364. The largest absolute Gasteiger partial charge is 0.501 e. The monoisotopic (exact) mass is 344 g/mol. The van der Waals surface area contributed by atoms with E-state index in [-0.39, 0.29) is 17.6 Å². The van der Waals surface area contributed by atoms with E-state index in [1.165, 1.54) is 16.7 Å². The lowest BCUT2D eigenvalue weighted by Gasteiger charge is -2.32.